The molecule has 3 aromatic rings. The van der Waals surface area contributed by atoms with Gasteiger partial charge in [0, 0.05) is 31.4 Å². The maximum Gasteiger partial charge on any atom is 0.266 e. The summed E-state index contributed by atoms with van der Waals surface area (Å²) in [5.74, 6) is 0.188. The van der Waals surface area contributed by atoms with Crippen LogP contribution in [0.15, 0.2) is 54.6 Å². The Balaban J connectivity index is 0.934. The van der Waals surface area contributed by atoms with Gasteiger partial charge in [-0.05, 0) is 116 Å². The van der Waals surface area contributed by atoms with Crippen molar-refractivity contribution in [3.63, 3.8) is 0 Å². The van der Waals surface area contributed by atoms with Gasteiger partial charge in [-0.25, -0.2) is 0 Å². The second kappa shape index (κ2) is 17.8. The average Bonchev–Trinajstić information content (AvgIpc) is 3.56. The number of pyridine rings is 1. The van der Waals surface area contributed by atoms with E-state index in [0.29, 0.717) is 50.2 Å². The molecular weight excluding hydrogens is 769 g/mol. The van der Waals surface area contributed by atoms with Gasteiger partial charge >= 0.3 is 0 Å². The van der Waals surface area contributed by atoms with Gasteiger partial charge in [0.05, 0.1) is 53.1 Å². The minimum Gasteiger partial charge on any atom is -0.393 e. The zero-order chi connectivity index (χ0) is 42.1. The predicted molar refractivity (Wildman–Crippen MR) is 228 cm³/mol. The molecule has 0 aliphatic heterocycles. The largest absolute Gasteiger partial charge is 0.393 e. The second-order valence-corrected chi connectivity index (χ2v) is 20.1. The number of hydrogen-bond donors (Lipinski definition) is 6. The summed E-state index contributed by atoms with van der Waals surface area (Å²) in [5, 5.41) is 34.1. The number of ether oxygens (including phenoxy) is 1. The van der Waals surface area contributed by atoms with Crippen molar-refractivity contribution >= 4 is 38.5 Å². The van der Waals surface area contributed by atoms with E-state index in [4.69, 9.17) is 14.3 Å². The molecule has 0 bridgehead atoms. The van der Waals surface area contributed by atoms with Crippen LogP contribution >= 0.6 is 0 Å². The second-order valence-electron chi connectivity index (χ2n) is 18.6. The van der Waals surface area contributed by atoms with E-state index in [2.05, 4.69) is 48.9 Å². The number of carbonyl (C=O) groups is 2. The highest BCUT2D eigenvalue weighted by Gasteiger charge is 2.65. The Kier molecular flexibility index (Phi) is 13.1. The first-order valence-electron chi connectivity index (χ1n) is 21.7. The molecule has 2 amide bonds. The fourth-order valence-corrected chi connectivity index (χ4v) is 12.7. The number of benzene rings is 2. The molecule has 59 heavy (non-hydrogen) atoms. The normalized spacial score (nSPS) is 32.1. The molecule has 11 unspecified atom stereocenters. The number of nitrogens with one attached hydrogen (secondary N) is 3. The first-order chi connectivity index (χ1) is 28.1. The summed E-state index contributed by atoms with van der Waals surface area (Å²) < 4.78 is 37.5. The molecule has 6 N–H and O–H groups in total. The van der Waals surface area contributed by atoms with E-state index in [9.17, 15) is 28.2 Å². The lowest BCUT2D eigenvalue weighted by atomic mass is 9.43. The summed E-state index contributed by atoms with van der Waals surface area (Å²) >= 11 is 0. The number of rotatable bonds is 15. The van der Waals surface area contributed by atoms with Crippen molar-refractivity contribution in [2.24, 2.45) is 46.3 Å². The van der Waals surface area contributed by atoms with Crippen molar-refractivity contribution in [2.45, 2.75) is 110 Å². The molecule has 7 rings (SSSR count). The zero-order valence-electron chi connectivity index (χ0n) is 35.0. The summed E-state index contributed by atoms with van der Waals surface area (Å²) in [7, 11) is -4.14. The van der Waals surface area contributed by atoms with Gasteiger partial charge in [0.25, 0.3) is 16.0 Å². The molecule has 4 saturated carbocycles. The van der Waals surface area contributed by atoms with E-state index in [1.807, 2.05) is 49.4 Å². The maximum absolute atomic E-state index is 13.8. The number of aliphatic hydroxyl groups excluding tert-OH is 2. The van der Waals surface area contributed by atoms with Crippen molar-refractivity contribution in [3.8, 4) is 0 Å². The first kappa shape index (κ1) is 43.5. The smallest absolute Gasteiger partial charge is 0.266 e. The molecule has 0 radical (unpaired) electrons. The Bertz CT molecular complexity index is 2090. The Morgan fingerprint density at radius 3 is 2.46 bits per heavy atom. The Morgan fingerprint density at radius 1 is 0.949 bits per heavy atom. The van der Waals surface area contributed by atoms with Crippen LogP contribution in [-0.4, -0.2) is 83.7 Å². The fourth-order valence-electron chi connectivity index (χ4n) is 12.3. The first-order valence-corrected chi connectivity index (χ1v) is 23.4. The van der Waals surface area contributed by atoms with E-state index in [0.717, 1.165) is 54.3 Å². The van der Waals surface area contributed by atoms with Crippen LogP contribution in [0.1, 0.15) is 100 Å². The topological polar surface area (TPSA) is 187 Å². The minimum absolute atomic E-state index is 0.0200. The molecule has 11 atom stereocenters. The lowest BCUT2D eigenvalue weighted by Gasteiger charge is -2.63. The van der Waals surface area contributed by atoms with Crippen molar-refractivity contribution in [2.75, 3.05) is 30.8 Å². The standard InChI is InChI=1S/C46H64N4O8S/c1-28(14-17-40(53)47-21-23-59(55,56)57)34-15-16-35-42-36(26-39(52)46(34,35)4)45(3)19-18-32(24-31(45)25-38(42)51)58-22-20-48-44(54)41-29(2)50-37-13-9-8-12-33(37)43(41)49-27-30-10-6-5-7-11-30/h5-13,28,31-32,34-36,38-39,42,51-52H,14-27H2,1-4H3,(H,47,53)(H,48,54)(H,49,50)(H,55,56,57). The third-order valence-electron chi connectivity index (χ3n) is 15.4. The van der Waals surface area contributed by atoms with Gasteiger partial charge in [0.1, 0.15) is 0 Å². The molecular formula is C46H64N4O8S. The number of nitrogens with zero attached hydrogens (tertiary/aromatic N) is 1. The van der Waals surface area contributed by atoms with Crippen molar-refractivity contribution in [3.05, 3.63) is 71.4 Å². The zero-order valence-corrected chi connectivity index (χ0v) is 35.8. The molecule has 1 aromatic heterocycles. The Morgan fingerprint density at radius 2 is 1.69 bits per heavy atom. The molecule has 0 spiro atoms. The number of amides is 2. The molecule has 4 aliphatic carbocycles. The van der Waals surface area contributed by atoms with Gasteiger partial charge < -0.3 is 30.9 Å². The van der Waals surface area contributed by atoms with Crippen LogP contribution < -0.4 is 16.0 Å². The van der Waals surface area contributed by atoms with Gasteiger partial charge in [-0.3, -0.25) is 19.1 Å². The summed E-state index contributed by atoms with van der Waals surface area (Å²) in [6.45, 7) is 9.80. The number of aryl methyl sites for hydroxylation is 1. The van der Waals surface area contributed by atoms with E-state index >= 15 is 0 Å². The summed E-state index contributed by atoms with van der Waals surface area (Å²) in [6.07, 6.45) is 5.88. The highest BCUT2D eigenvalue weighted by atomic mass is 32.2. The van der Waals surface area contributed by atoms with Crippen LogP contribution in [0.5, 0.6) is 0 Å². The number of hydrogen-bond acceptors (Lipinski definition) is 9. The Labute approximate surface area is 349 Å². The summed E-state index contributed by atoms with van der Waals surface area (Å²) in [6, 6.07) is 18.0. The number of aliphatic hydroxyl groups is 2. The van der Waals surface area contributed by atoms with Crippen LogP contribution in [-0.2, 0) is 26.2 Å². The van der Waals surface area contributed by atoms with Crippen LogP contribution in [0.25, 0.3) is 10.9 Å². The monoisotopic (exact) mass is 832 g/mol. The van der Waals surface area contributed by atoms with Gasteiger partial charge in [-0.1, -0.05) is 69.3 Å². The maximum atomic E-state index is 13.8. The fraction of sp³-hybridized carbons (Fsp3) is 0.630. The average molecular weight is 833 g/mol. The van der Waals surface area contributed by atoms with E-state index in [1.165, 1.54) is 0 Å². The number of carbonyl (C=O) groups excluding carboxylic acids is 2. The molecule has 13 heteroatoms. The van der Waals surface area contributed by atoms with E-state index in [-0.39, 0.29) is 77.2 Å². The Hall–Kier alpha value is -3.62. The predicted octanol–water partition coefficient (Wildman–Crippen LogP) is 6.29. The van der Waals surface area contributed by atoms with Gasteiger partial charge in [-0.15, -0.1) is 0 Å². The number of para-hydroxylation sites is 1. The molecule has 0 saturated heterocycles. The molecule has 2 aromatic carbocycles. The molecule has 4 fully saturated rings. The van der Waals surface area contributed by atoms with Crippen molar-refractivity contribution < 1.29 is 37.5 Å². The van der Waals surface area contributed by atoms with Crippen LogP contribution in [0.4, 0.5) is 5.69 Å². The third-order valence-corrected chi connectivity index (χ3v) is 16.1. The van der Waals surface area contributed by atoms with Crippen LogP contribution in [0, 0.1) is 53.3 Å². The molecule has 322 valence electrons. The third kappa shape index (κ3) is 9.05. The van der Waals surface area contributed by atoms with E-state index in [1.54, 1.807) is 0 Å². The molecule has 12 nitrogen and oxygen atoms in total. The van der Waals surface area contributed by atoms with Gasteiger partial charge in [0.15, 0.2) is 0 Å². The lowest BCUT2D eigenvalue weighted by molar-refractivity contribution is -0.209. The van der Waals surface area contributed by atoms with Crippen LogP contribution in [0.2, 0.25) is 0 Å². The van der Waals surface area contributed by atoms with E-state index < -0.39 is 28.1 Å². The number of fused-ring (bicyclic) bond motifs is 6. The van der Waals surface area contributed by atoms with Crippen molar-refractivity contribution in [1.29, 1.82) is 0 Å². The quantitative estimate of drug-likeness (QED) is 0.0751. The SMILES string of the molecule is Cc1nc2ccccc2c(NCc2ccccc2)c1C(=O)NCCOC1CCC2(C)C(C1)CC(O)C1C2CC(O)C2(C)C(C(C)CCC(=O)NCCS(=O)(=O)O)CCC12. The van der Waals surface area contributed by atoms with Gasteiger partial charge in [-0.2, -0.15) is 8.42 Å². The lowest BCUT2D eigenvalue weighted by Crippen LogP contribution is -2.62. The summed E-state index contributed by atoms with van der Waals surface area (Å²) in [4.78, 5) is 31.0. The molecule has 4 aliphatic rings. The highest BCUT2D eigenvalue weighted by molar-refractivity contribution is 7.85. The highest BCUT2D eigenvalue weighted by Crippen LogP contribution is 2.68. The minimum atomic E-state index is -4.14. The van der Waals surface area contributed by atoms with Crippen LogP contribution in [0.3, 0.4) is 0 Å². The number of aromatic nitrogens is 1. The molecule has 1 heterocycles. The summed E-state index contributed by atoms with van der Waals surface area (Å²) in [5.41, 5.74) is 3.52. The number of anilines is 1. The van der Waals surface area contributed by atoms with Gasteiger partial charge in [0.2, 0.25) is 5.91 Å². The van der Waals surface area contributed by atoms with Crippen molar-refractivity contribution in [1.82, 2.24) is 15.6 Å².